The number of amides is 1. The maximum atomic E-state index is 12.4. The summed E-state index contributed by atoms with van der Waals surface area (Å²) >= 11 is 2.33. The summed E-state index contributed by atoms with van der Waals surface area (Å²) in [4.78, 5) is 17.1. The summed E-state index contributed by atoms with van der Waals surface area (Å²) in [5.74, 6) is 0.697. The van der Waals surface area contributed by atoms with E-state index < -0.39 is 0 Å². The first-order chi connectivity index (χ1) is 11.3. The van der Waals surface area contributed by atoms with Crippen molar-refractivity contribution >= 4 is 51.6 Å². The second-order valence-electron chi connectivity index (χ2n) is 7.71. The Morgan fingerprint density at radius 3 is 2.71 bits per heavy atom. The van der Waals surface area contributed by atoms with E-state index >= 15 is 0 Å². The lowest BCUT2D eigenvalue weighted by Crippen LogP contribution is -2.24. The van der Waals surface area contributed by atoms with Crippen molar-refractivity contribution in [2.24, 2.45) is 5.41 Å². The van der Waals surface area contributed by atoms with Crippen molar-refractivity contribution in [2.45, 2.75) is 52.5 Å². The Bertz CT molecular complexity index is 797. The molecule has 1 amide bonds. The quantitative estimate of drug-likeness (QED) is 0.653. The van der Waals surface area contributed by atoms with Crippen molar-refractivity contribution in [1.82, 2.24) is 9.55 Å². The number of aromatic nitrogens is 2. The fourth-order valence-electron chi connectivity index (χ4n) is 3.12. The normalized spacial score (nSPS) is 15.3. The van der Waals surface area contributed by atoms with Gasteiger partial charge >= 0.3 is 0 Å². The van der Waals surface area contributed by atoms with E-state index in [1.807, 2.05) is 12.1 Å². The van der Waals surface area contributed by atoms with Gasteiger partial charge in [0.1, 0.15) is 0 Å². The molecule has 1 aliphatic carbocycles. The zero-order valence-corrected chi connectivity index (χ0v) is 16.7. The fourth-order valence-corrected chi connectivity index (χ4v) is 3.78. The highest BCUT2D eigenvalue weighted by atomic mass is 127. The maximum Gasteiger partial charge on any atom is 0.227 e. The highest BCUT2D eigenvalue weighted by molar-refractivity contribution is 14.1. The molecule has 0 spiro atoms. The molecule has 1 aliphatic rings. The Labute approximate surface area is 156 Å². The minimum atomic E-state index is -0.0426. The Hall–Kier alpha value is -1.37. The third kappa shape index (κ3) is 3.36. The van der Waals surface area contributed by atoms with E-state index in [4.69, 9.17) is 4.98 Å². The molecule has 0 aliphatic heterocycles. The molecule has 1 fully saturated rings. The van der Waals surface area contributed by atoms with E-state index in [9.17, 15) is 4.79 Å². The zero-order valence-electron chi connectivity index (χ0n) is 14.5. The molecule has 0 atom stereocenters. The van der Waals surface area contributed by atoms with E-state index in [0.29, 0.717) is 18.4 Å². The molecule has 128 valence electrons. The number of nitrogens with zero attached hydrogens (tertiary/aromatic N) is 2. The standard InChI is InChI=1S/C19H24IN3O/c1-5-13-14(20)9-10-15-17(13)23(12-7-6-8-12)18(21-15)22-16(24)11-19(2,3)4/h5,9-10,12H,1,6-8,11H2,2-4H3,(H,21,22,24). The number of carbonyl (C=O) groups excluding carboxylic acids is 1. The Morgan fingerprint density at radius 1 is 1.46 bits per heavy atom. The number of hydrogen-bond donors (Lipinski definition) is 1. The number of halogens is 1. The largest absolute Gasteiger partial charge is 0.306 e. The van der Waals surface area contributed by atoms with Crippen molar-refractivity contribution < 1.29 is 4.79 Å². The molecule has 0 bridgehead atoms. The molecule has 3 rings (SSSR count). The van der Waals surface area contributed by atoms with Gasteiger partial charge < -0.3 is 4.57 Å². The van der Waals surface area contributed by atoms with Gasteiger partial charge in [-0.05, 0) is 59.4 Å². The van der Waals surface area contributed by atoms with Crippen molar-refractivity contribution in [3.8, 4) is 0 Å². The molecular formula is C19H24IN3O. The smallest absolute Gasteiger partial charge is 0.227 e. The van der Waals surface area contributed by atoms with Gasteiger partial charge in [0.2, 0.25) is 11.9 Å². The van der Waals surface area contributed by atoms with Gasteiger partial charge in [0, 0.05) is 21.6 Å². The molecule has 0 unspecified atom stereocenters. The van der Waals surface area contributed by atoms with Gasteiger partial charge in [0.05, 0.1) is 11.0 Å². The molecule has 24 heavy (non-hydrogen) atoms. The molecular weight excluding hydrogens is 413 g/mol. The molecule has 1 aromatic heterocycles. The molecule has 4 nitrogen and oxygen atoms in total. The van der Waals surface area contributed by atoms with E-state index in [0.717, 1.165) is 33.0 Å². The lowest BCUT2D eigenvalue weighted by Gasteiger charge is -2.29. The summed E-state index contributed by atoms with van der Waals surface area (Å²) in [6, 6.07) is 4.49. The van der Waals surface area contributed by atoms with Crippen LogP contribution in [-0.4, -0.2) is 15.5 Å². The molecule has 5 heteroatoms. The summed E-state index contributed by atoms with van der Waals surface area (Å²) in [6.07, 6.45) is 5.87. The van der Waals surface area contributed by atoms with E-state index in [1.165, 1.54) is 6.42 Å². The van der Waals surface area contributed by atoms with Crippen LogP contribution in [0.2, 0.25) is 0 Å². The minimum absolute atomic E-state index is 0.0215. The molecule has 1 aromatic carbocycles. The van der Waals surface area contributed by atoms with Crippen LogP contribution in [0.1, 0.15) is 58.1 Å². The van der Waals surface area contributed by atoms with Crippen LogP contribution in [-0.2, 0) is 4.79 Å². The Morgan fingerprint density at radius 2 is 2.17 bits per heavy atom. The summed E-state index contributed by atoms with van der Waals surface area (Å²) in [6.45, 7) is 10.2. The van der Waals surface area contributed by atoms with Gasteiger partial charge in [-0.3, -0.25) is 10.1 Å². The number of nitrogens with one attached hydrogen (secondary N) is 1. The number of carbonyl (C=O) groups is 1. The molecule has 0 saturated heterocycles. The number of imidazole rings is 1. The van der Waals surface area contributed by atoms with Crippen LogP contribution >= 0.6 is 22.6 Å². The average Bonchev–Trinajstić information content (AvgIpc) is 2.73. The Kier molecular flexibility index (Phi) is 4.73. The minimum Gasteiger partial charge on any atom is -0.306 e. The maximum absolute atomic E-state index is 12.4. The van der Waals surface area contributed by atoms with Gasteiger partial charge in [0.25, 0.3) is 0 Å². The van der Waals surface area contributed by atoms with E-state index in [-0.39, 0.29) is 11.3 Å². The number of hydrogen-bond acceptors (Lipinski definition) is 2. The van der Waals surface area contributed by atoms with Gasteiger partial charge in [-0.1, -0.05) is 33.4 Å². The van der Waals surface area contributed by atoms with Crippen molar-refractivity contribution in [2.75, 3.05) is 5.32 Å². The van der Waals surface area contributed by atoms with Crippen LogP contribution in [0.4, 0.5) is 5.95 Å². The van der Waals surface area contributed by atoms with Crippen LogP contribution in [0, 0.1) is 8.99 Å². The Balaban J connectivity index is 2.07. The van der Waals surface area contributed by atoms with E-state index in [1.54, 1.807) is 0 Å². The van der Waals surface area contributed by atoms with Crippen LogP contribution in [0.25, 0.3) is 17.1 Å². The topological polar surface area (TPSA) is 46.9 Å². The van der Waals surface area contributed by atoms with E-state index in [2.05, 4.69) is 65.9 Å². The van der Waals surface area contributed by atoms with Crippen molar-refractivity contribution in [3.63, 3.8) is 0 Å². The first-order valence-electron chi connectivity index (χ1n) is 8.43. The molecule has 0 radical (unpaired) electrons. The highest BCUT2D eigenvalue weighted by Crippen LogP contribution is 2.39. The third-order valence-electron chi connectivity index (χ3n) is 4.42. The summed E-state index contributed by atoms with van der Waals surface area (Å²) in [5.41, 5.74) is 3.07. The first-order valence-corrected chi connectivity index (χ1v) is 9.51. The predicted octanol–water partition coefficient (Wildman–Crippen LogP) is 5.38. The van der Waals surface area contributed by atoms with Crippen LogP contribution in [0.5, 0.6) is 0 Å². The predicted molar refractivity (Wildman–Crippen MR) is 108 cm³/mol. The summed E-state index contributed by atoms with van der Waals surface area (Å²) < 4.78 is 3.38. The van der Waals surface area contributed by atoms with Gasteiger partial charge in [-0.15, -0.1) is 0 Å². The molecule has 1 saturated carbocycles. The van der Waals surface area contributed by atoms with Gasteiger partial charge in [-0.2, -0.15) is 0 Å². The third-order valence-corrected chi connectivity index (χ3v) is 5.36. The lowest BCUT2D eigenvalue weighted by atomic mass is 9.92. The number of benzene rings is 1. The number of anilines is 1. The first kappa shape index (κ1) is 17.5. The summed E-state index contributed by atoms with van der Waals surface area (Å²) in [7, 11) is 0. The van der Waals surface area contributed by atoms with Crippen molar-refractivity contribution in [1.29, 1.82) is 0 Å². The lowest BCUT2D eigenvalue weighted by molar-refractivity contribution is -0.117. The molecule has 2 aromatic rings. The number of rotatable bonds is 4. The number of fused-ring (bicyclic) bond motifs is 1. The van der Waals surface area contributed by atoms with Crippen LogP contribution in [0.15, 0.2) is 18.7 Å². The monoisotopic (exact) mass is 437 g/mol. The fraction of sp³-hybridized carbons (Fsp3) is 0.474. The van der Waals surface area contributed by atoms with Crippen molar-refractivity contribution in [3.05, 3.63) is 27.8 Å². The van der Waals surface area contributed by atoms with Gasteiger partial charge in [-0.25, -0.2) is 4.98 Å². The molecule has 1 heterocycles. The SMILES string of the molecule is C=Cc1c(I)ccc2nc(NC(=O)CC(C)(C)C)n(C3CCC3)c12. The second kappa shape index (κ2) is 6.50. The van der Waals surface area contributed by atoms with Crippen LogP contribution < -0.4 is 5.32 Å². The summed E-state index contributed by atoms with van der Waals surface area (Å²) in [5, 5.41) is 3.05. The second-order valence-corrected chi connectivity index (χ2v) is 8.87. The average molecular weight is 437 g/mol. The zero-order chi connectivity index (χ0) is 17.5. The van der Waals surface area contributed by atoms with Crippen LogP contribution in [0.3, 0.4) is 0 Å². The van der Waals surface area contributed by atoms with Gasteiger partial charge in [0.15, 0.2) is 0 Å². The highest BCUT2D eigenvalue weighted by Gasteiger charge is 2.27. The molecule has 1 N–H and O–H groups in total.